The number of benzene rings is 1. The van der Waals surface area contributed by atoms with E-state index in [1.807, 2.05) is 55.9 Å². The van der Waals surface area contributed by atoms with Crippen LogP contribution in [0.15, 0.2) is 30.3 Å². The highest BCUT2D eigenvalue weighted by molar-refractivity contribution is 5.97. The highest BCUT2D eigenvalue weighted by atomic mass is 16.2. The van der Waals surface area contributed by atoms with Crippen molar-refractivity contribution in [2.45, 2.75) is 33.4 Å². The molecule has 0 aliphatic carbocycles. The standard InChI is InChI=1S/C19H25N5O2/c1-13-17(14(2)24(21-13)16-8-6-5-7-9-16)12-22(4)15(3)18(25)23-11-10-20-19(23)26/h5-9,15H,10-12H2,1-4H3,(H,20,26)/p+1/t15-/m1/s1. The van der Waals surface area contributed by atoms with Crippen molar-refractivity contribution in [3.8, 4) is 5.69 Å². The van der Waals surface area contributed by atoms with Crippen molar-refractivity contribution in [3.05, 3.63) is 47.3 Å². The van der Waals surface area contributed by atoms with Crippen molar-refractivity contribution in [1.29, 1.82) is 0 Å². The Kier molecular flexibility index (Phi) is 5.08. The van der Waals surface area contributed by atoms with Gasteiger partial charge in [0.2, 0.25) is 0 Å². The Hall–Kier alpha value is -2.67. The second-order valence-corrected chi connectivity index (χ2v) is 6.86. The fourth-order valence-electron chi connectivity index (χ4n) is 3.31. The molecule has 2 heterocycles. The van der Waals surface area contributed by atoms with Gasteiger partial charge < -0.3 is 10.2 Å². The summed E-state index contributed by atoms with van der Waals surface area (Å²) in [6.45, 7) is 7.56. The summed E-state index contributed by atoms with van der Waals surface area (Å²) in [5, 5.41) is 7.35. The van der Waals surface area contributed by atoms with Crippen LogP contribution in [0.25, 0.3) is 5.69 Å². The van der Waals surface area contributed by atoms with E-state index in [-0.39, 0.29) is 18.0 Å². The Morgan fingerprint density at radius 3 is 2.62 bits per heavy atom. The van der Waals surface area contributed by atoms with Gasteiger partial charge in [-0.2, -0.15) is 5.10 Å². The zero-order chi connectivity index (χ0) is 18.8. The van der Waals surface area contributed by atoms with E-state index in [9.17, 15) is 9.59 Å². The Morgan fingerprint density at radius 1 is 1.31 bits per heavy atom. The van der Waals surface area contributed by atoms with Crippen LogP contribution in [0, 0.1) is 13.8 Å². The molecule has 2 N–H and O–H groups in total. The molecule has 2 atom stereocenters. The molecule has 1 aliphatic heterocycles. The van der Waals surface area contributed by atoms with E-state index in [0.717, 1.165) is 27.5 Å². The number of aryl methyl sites for hydroxylation is 1. The Bertz CT molecular complexity index is 815. The van der Waals surface area contributed by atoms with Crippen LogP contribution in [-0.2, 0) is 11.3 Å². The molecule has 1 fully saturated rings. The lowest BCUT2D eigenvalue weighted by molar-refractivity contribution is -0.908. The molecule has 2 aromatic rings. The molecule has 0 bridgehead atoms. The summed E-state index contributed by atoms with van der Waals surface area (Å²) in [5.74, 6) is -0.136. The summed E-state index contributed by atoms with van der Waals surface area (Å²) in [6.07, 6.45) is 0. The number of hydrogen-bond donors (Lipinski definition) is 2. The summed E-state index contributed by atoms with van der Waals surface area (Å²) >= 11 is 0. The fraction of sp³-hybridized carbons (Fsp3) is 0.421. The molecule has 1 aromatic carbocycles. The first kappa shape index (κ1) is 18.1. The van der Waals surface area contributed by atoms with E-state index in [1.165, 1.54) is 4.90 Å². The van der Waals surface area contributed by atoms with Gasteiger partial charge >= 0.3 is 6.03 Å². The Morgan fingerprint density at radius 2 is 2.00 bits per heavy atom. The van der Waals surface area contributed by atoms with E-state index >= 15 is 0 Å². The van der Waals surface area contributed by atoms with E-state index in [4.69, 9.17) is 0 Å². The van der Waals surface area contributed by atoms with Crippen LogP contribution in [0.4, 0.5) is 4.79 Å². The van der Waals surface area contributed by atoms with Gasteiger partial charge in [0.05, 0.1) is 29.7 Å². The predicted octanol–water partition coefficient (Wildman–Crippen LogP) is 0.444. The topological polar surface area (TPSA) is 71.7 Å². The maximum Gasteiger partial charge on any atom is 0.324 e. The van der Waals surface area contributed by atoms with Gasteiger partial charge in [0.25, 0.3) is 5.91 Å². The van der Waals surface area contributed by atoms with Crippen LogP contribution in [0.1, 0.15) is 23.9 Å². The van der Waals surface area contributed by atoms with Crippen molar-refractivity contribution < 1.29 is 14.5 Å². The lowest BCUT2D eigenvalue weighted by atomic mass is 10.1. The highest BCUT2D eigenvalue weighted by Gasteiger charge is 2.34. The van der Waals surface area contributed by atoms with E-state index in [0.29, 0.717) is 19.6 Å². The van der Waals surface area contributed by atoms with Crippen LogP contribution < -0.4 is 10.2 Å². The van der Waals surface area contributed by atoms with Gasteiger partial charge in [0.1, 0.15) is 6.54 Å². The molecule has 0 radical (unpaired) electrons. The normalized spacial score (nSPS) is 16.5. The molecule has 7 nitrogen and oxygen atoms in total. The smallest absolute Gasteiger partial charge is 0.324 e. The van der Waals surface area contributed by atoms with Gasteiger partial charge in [-0.1, -0.05) is 18.2 Å². The Balaban J connectivity index is 1.77. The van der Waals surface area contributed by atoms with Crippen molar-refractivity contribution in [3.63, 3.8) is 0 Å². The van der Waals surface area contributed by atoms with Crippen molar-refractivity contribution in [2.75, 3.05) is 20.1 Å². The number of likely N-dealkylation sites (N-methyl/N-ethyl adjacent to an activating group) is 1. The predicted molar refractivity (Wildman–Crippen MR) is 98.2 cm³/mol. The number of nitrogens with zero attached hydrogens (tertiary/aromatic N) is 3. The minimum Gasteiger partial charge on any atom is -0.336 e. The molecule has 0 spiro atoms. The van der Waals surface area contributed by atoms with E-state index in [2.05, 4.69) is 17.3 Å². The summed E-state index contributed by atoms with van der Waals surface area (Å²) in [4.78, 5) is 26.7. The van der Waals surface area contributed by atoms with Gasteiger partial charge in [0.15, 0.2) is 6.04 Å². The molecule has 1 unspecified atom stereocenters. The summed E-state index contributed by atoms with van der Waals surface area (Å²) in [5.41, 5.74) is 4.20. The molecule has 7 heteroatoms. The SMILES string of the molecule is Cc1nn(-c2ccccc2)c(C)c1C[NH+](C)[C@H](C)C(=O)N1CCNC1=O. The van der Waals surface area contributed by atoms with Crippen LogP contribution in [-0.4, -0.2) is 52.8 Å². The quantitative estimate of drug-likeness (QED) is 0.817. The molecule has 138 valence electrons. The van der Waals surface area contributed by atoms with Gasteiger partial charge in [-0.05, 0) is 32.9 Å². The number of para-hydroxylation sites is 1. The number of carbonyl (C=O) groups excluding carboxylic acids is 2. The van der Waals surface area contributed by atoms with Gasteiger partial charge in [-0.25, -0.2) is 9.48 Å². The number of aromatic nitrogens is 2. The molecular formula is C19H26N5O2+. The third kappa shape index (κ3) is 3.35. The monoisotopic (exact) mass is 356 g/mol. The first-order valence-electron chi connectivity index (χ1n) is 8.92. The maximum atomic E-state index is 12.6. The van der Waals surface area contributed by atoms with Crippen molar-refractivity contribution in [2.24, 2.45) is 0 Å². The molecule has 3 amide bonds. The van der Waals surface area contributed by atoms with Crippen LogP contribution in [0.2, 0.25) is 0 Å². The van der Waals surface area contributed by atoms with Crippen molar-refractivity contribution >= 4 is 11.9 Å². The molecular weight excluding hydrogens is 330 g/mol. The molecule has 0 saturated carbocycles. The molecule has 1 saturated heterocycles. The summed E-state index contributed by atoms with van der Waals surface area (Å²) in [6, 6.07) is 9.41. The van der Waals surface area contributed by atoms with Gasteiger partial charge in [0, 0.05) is 13.1 Å². The first-order chi connectivity index (χ1) is 12.4. The van der Waals surface area contributed by atoms with Gasteiger partial charge in [-0.3, -0.25) is 9.69 Å². The molecule has 26 heavy (non-hydrogen) atoms. The van der Waals surface area contributed by atoms with Crippen molar-refractivity contribution in [1.82, 2.24) is 20.0 Å². The second-order valence-electron chi connectivity index (χ2n) is 6.86. The third-order valence-electron chi connectivity index (χ3n) is 5.13. The van der Waals surface area contributed by atoms with Crippen LogP contribution >= 0.6 is 0 Å². The minimum atomic E-state index is -0.308. The lowest BCUT2D eigenvalue weighted by Gasteiger charge is -2.24. The number of carbonyl (C=O) groups is 2. The highest BCUT2D eigenvalue weighted by Crippen LogP contribution is 2.17. The Labute approximate surface area is 153 Å². The van der Waals surface area contributed by atoms with E-state index in [1.54, 1.807) is 0 Å². The number of amides is 3. The average molecular weight is 356 g/mol. The molecule has 1 aromatic heterocycles. The van der Waals surface area contributed by atoms with E-state index < -0.39 is 0 Å². The number of hydrogen-bond acceptors (Lipinski definition) is 3. The van der Waals surface area contributed by atoms with Crippen LogP contribution in [0.5, 0.6) is 0 Å². The minimum absolute atomic E-state index is 0.136. The number of urea groups is 1. The number of rotatable bonds is 5. The number of quaternary nitrogens is 1. The largest absolute Gasteiger partial charge is 0.336 e. The average Bonchev–Trinajstić information content (AvgIpc) is 3.19. The maximum absolute atomic E-state index is 12.6. The zero-order valence-electron chi connectivity index (χ0n) is 15.7. The molecule has 1 aliphatic rings. The third-order valence-corrected chi connectivity index (χ3v) is 5.13. The zero-order valence-corrected chi connectivity index (χ0v) is 15.7. The number of imide groups is 1. The van der Waals surface area contributed by atoms with Crippen LogP contribution in [0.3, 0.4) is 0 Å². The summed E-state index contributed by atoms with van der Waals surface area (Å²) in [7, 11) is 1.98. The lowest BCUT2D eigenvalue weighted by Crippen LogP contribution is -3.12. The first-order valence-corrected chi connectivity index (χ1v) is 8.92. The second kappa shape index (κ2) is 7.29. The van der Waals surface area contributed by atoms with Gasteiger partial charge in [-0.15, -0.1) is 0 Å². The summed E-state index contributed by atoms with van der Waals surface area (Å²) < 4.78 is 1.94. The molecule has 3 rings (SSSR count). The fourth-order valence-corrected chi connectivity index (χ4v) is 3.31. The number of nitrogens with one attached hydrogen (secondary N) is 2.